The van der Waals surface area contributed by atoms with Crippen LogP contribution < -0.4 is 0 Å². The molecule has 1 unspecified atom stereocenters. The molecule has 0 amide bonds. The van der Waals surface area contributed by atoms with Gasteiger partial charge < -0.3 is 5.11 Å². The second kappa shape index (κ2) is 5.80. The molecule has 100 valence electrons. The van der Waals surface area contributed by atoms with Gasteiger partial charge in [0, 0.05) is 10.9 Å². The molecule has 0 saturated heterocycles. The van der Waals surface area contributed by atoms with Gasteiger partial charge in [0.25, 0.3) is 0 Å². The van der Waals surface area contributed by atoms with Crippen molar-refractivity contribution >= 4 is 15.9 Å². The van der Waals surface area contributed by atoms with E-state index in [0.29, 0.717) is 5.56 Å². The normalized spacial score (nSPS) is 12.5. The van der Waals surface area contributed by atoms with Crippen molar-refractivity contribution < 1.29 is 13.9 Å². The van der Waals surface area contributed by atoms with Gasteiger partial charge in [0.1, 0.15) is 0 Å². The summed E-state index contributed by atoms with van der Waals surface area (Å²) >= 11 is 3.40. The molecule has 0 aliphatic heterocycles. The zero-order valence-corrected chi connectivity index (χ0v) is 11.9. The highest BCUT2D eigenvalue weighted by Gasteiger charge is 2.11. The smallest absolute Gasteiger partial charge is 0.159 e. The van der Waals surface area contributed by atoms with Crippen molar-refractivity contribution in [1.82, 2.24) is 0 Å². The van der Waals surface area contributed by atoms with Gasteiger partial charge in [0.05, 0.1) is 6.10 Å². The summed E-state index contributed by atoms with van der Waals surface area (Å²) in [4.78, 5) is 0. The van der Waals surface area contributed by atoms with Gasteiger partial charge in [-0.05, 0) is 41.8 Å². The van der Waals surface area contributed by atoms with E-state index >= 15 is 0 Å². The average Bonchev–Trinajstić information content (AvgIpc) is 2.37. The first-order chi connectivity index (χ1) is 8.97. The van der Waals surface area contributed by atoms with E-state index < -0.39 is 17.7 Å². The molecule has 2 rings (SSSR count). The Balaban J connectivity index is 2.17. The standard InChI is InChI=1S/C15H13BrF2O/c1-9-2-4-11(8-12(9)16)15(19)7-10-3-5-13(17)14(18)6-10/h2-6,8,15,19H,7H2,1H3. The van der Waals surface area contributed by atoms with Crippen LogP contribution in [-0.4, -0.2) is 5.11 Å². The fraction of sp³-hybridized carbons (Fsp3) is 0.200. The topological polar surface area (TPSA) is 20.2 Å². The number of hydrogen-bond acceptors (Lipinski definition) is 1. The van der Waals surface area contributed by atoms with Gasteiger partial charge >= 0.3 is 0 Å². The molecule has 0 radical (unpaired) electrons. The van der Waals surface area contributed by atoms with E-state index in [1.54, 1.807) is 0 Å². The Labute approximate surface area is 119 Å². The summed E-state index contributed by atoms with van der Waals surface area (Å²) in [5.74, 6) is -1.77. The maximum Gasteiger partial charge on any atom is 0.159 e. The van der Waals surface area contributed by atoms with Crippen molar-refractivity contribution in [1.29, 1.82) is 0 Å². The SMILES string of the molecule is Cc1ccc(C(O)Cc2ccc(F)c(F)c2)cc1Br. The summed E-state index contributed by atoms with van der Waals surface area (Å²) in [6.45, 7) is 1.95. The van der Waals surface area contributed by atoms with Crippen LogP contribution in [0.3, 0.4) is 0 Å². The van der Waals surface area contributed by atoms with Crippen LogP contribution in [0.2, 0.25) is 0 Å². The van der Waals surface area contributed by atoms with Crippen LogP contribution in [0, 0.1) is 18.6 Å². The molecule has 0 aliphatic rings. The second-order valence-electron chi connectivity index (χ2n) is 4.48. The van der Waals surface area contributed by atoms with Crippen LogP contribution >= 0.6 is 15.9 Å². The van der Waals surface area contributed by atoms with Gasteiger partial charge in [-0.3, -0.25) is 0 Å². The van der Waals surface area contributed by atoms with Gasteiger partial charge in [-0.15, -0.1) is 0 Å². The molecule has 19 heavy (non-hydrogen) atoms. The lowest BCUT2D eigenvalue weighted by atomic mass is 10.0. The lowest BCUT2D eigenvalue weighted by Crippen LogP contribution is -2.03. The first-order valence-electron chi connectivity index (χ1n) is 5.85. The largest absolute Gasteiger partial charge is 0.388 e. The molecule has 1 N–H and O–H groups in total. The van der Waals surface area contributed by atoms with E-state index in [4.69, 9.17) is 0 Å². The van der Waals surface area contributed by atoms with Gasteiger partial charge in [-0.25, -0.2) is 8.78 Å². The number of aryl methyl sites for hydroxylation is 1. The minimum absolute atomic E-state index is 0.243. The molecule has 2 aromatic carbocycles. The Morgan fingerprint density at radius 1 is 1.11 bits per heavy atom. The van der Waals surface area contributed by atoms with E-state index in [1.165, 1.54) is 6.07 Å². The number of hydrogen-bond donors (Lipinski definition) is 1. The number of halogens is 3. The molecule has 0 heterocycles. The van der Waals surface area contributed by atoms with Crippen molar-refractivity contribution in [3.05, 3.63) is 69.2 Å². The number of aliphatic hydroxyl groups is 1. The van der Waals surface area contributed by atoms with Crippen LogP contribution in [0.25, 0.3) is 0 Å². The third kappa shape index (κ3) is 3.39. The third-order valence-corrected chi connectivity index (χ3v) is 3.85. The second-order valence-corrected chi connectivity index (χ2v) is 5.33. The predicted octanol–water partition coefficient (Wildman–Crippen LogP) is 4.31. The van der Waals surface area contributed by atoms with Crippen LogP contribution in [0.4, 0.5) is 8.78 Å². The molecule has 0 aromatic heterocycles. The maximum atomic E-state index is 13.1. The highest BCUT2D eigenvalue weighted by atomic mass is 79.9. The molecule has 0 aliphatic carbocycles. The zero-order chi connectivity index (χ0) is 14.0. The lowest BCUT2D eigenvalue weighted by molar-refractivity contribution is 0.178. The summed E-state index contributed by atoms with van der Waals surface area (Å²) in [7, 11) is 0. The Kier molecular flexibility index (Phi) is 4.32. The van der Waals surface area contributed by atoms with Crippen LogP contribution in [0.15, 0.2) is 40.9 Å². The van der Waals surface area contributed by atoms with Crippen molar-refractivity contribution in [2.45, 2.75) is 19.4 Å². The van der Waals surface area contributed by atoms with Crippen molar-refractivity contribution in [2.75, 3.05) is 0 Å². The molecule has 2 aromatic rings. The van der Waals surface area contributed by atoms with Crippen LogP contribution in [0.1, 0.15) is 22.8 Å². The van der Waals surface area contributed by atoms with Crippen molar-refractivity contribution in [3.63, 3.8) is 0 Å². The zero-order valence-electron chi connectivity index (χ0n) is 10.3. The lowest BCUT2D eigenvalue weighted by Gasteiger charge is -2.12. The average molecular weight is 327 g/mol. The summed E-state index contributed by atoms with van der Waals surface area (Å²) < 4.78 is 26.8. The quantitative estimate of drug-likeness (QED) is 0.891. The monoisotopic (exact) mass is 326 g/mol. The number of aliphatic hydroxyl groups excluding tert-OH is 1. The molecular weight excluding hydrogens is 314 g/mol. The van der Waals surface area contributed by atoms with Gasteiger partial charge in [0.15, 0.2) is 11.6 Å². The van der Waals surface area contributed by atoms with Crippen LogP contribution in [0.5, 0.6) is 0 Å². The van der Waals surface area contributed by atoms with E-state index in [1.807, 2.05) is 25.1 Å². The fourth-order valence-corrected chi connectivity index (χ4v) is 2.22. The van der Waals surface area contributed by atoms with E-state index in [0.717, 1.165) is 27.7 Å². The summed E-state index contributed by atoms with van der Waals surface area (Å²) in [6.07, 6.45) is -0.506. The molecular formula is C15H13BrF2O. The minimum atomic E-state index is -0.894. The van der Waals surface area contributed by atoms with Crippen LogP contribution in [-0.2, 0) is 6.42 Å². The summed E-state index contributed by atoms with van der Waals surface area (Å²) in [5, 5.41) is 10.1. The van der Waals surface area contributed by atoms with E-state index in [9.17, 15) is 13.9 Å². The highest BCUT2D eigenvalue weighted by Crippen LogP contribution is 2.24. The maximum absolute atomic E-state index is 13.1. The van der Waals surface area contributed by atoms with Crippen molar-refractivity contribution in [3.8, 4) is 0 Å². The molecule has 0 bridgehead atoms. The number of rotatable bonds is 3. The Morgan fingerprint density at radius 3 is 2.47 bits per heavy atom. The Hall–Kier alpha value is -1.26. The molecule has 0 spiro atoms. The fourth-order valence-electron chi connectivity index (χ4n) is 1.82. The van der Waals surface area contributed by atoms with Crippen molar-refractivity contribution in [2.24, 2.45) is 0 Å². The summed E-state index contributed by atoms with van der Waals surface area (Å²) in [5.41, 5.74) is 2.37. The minimum Gasteiger partial charge on any atom is -0.388 e. The van der Waals surface area contributed by atoms with Gasteiger partial charge in [-0.1, -0.05) is 34.1 Å². The van der Waals surface area contributed by atoms with E-state index in [2.05, 4.69) is 15.9 Å². The van der Waals surface area contributed by atoms with Gasteiger partial charge in [0.2, 0.25) is 0 Å². The summed E-state index contributed by atoms with van der Waals surface area (Å²) in [6, 6.07) is 9.22. The molecule has 1 nitrogen and oxygen atoms in total. The third-order valence-electron chi connectivity index (χ3n) is 2.99. The first-order valence-corrected chi connectivity index (χ1v) is 6.64. The Bertz CT molecular complexity index is 599. The first kappa shape index (κ1) is 14.2. The predicted molar refractivity (Wildman–Crippen MR) is 73.9 cm³/mol. The number of benzene rings is 2. The molecule has 0 fully saturated rings. The Morgan fingerprint density at radius 2 is 1.84 bits per heavy atom. The molecule has 1 atom stereocenters. The molecule has 4 heteroatoms. The molecule has 0 saturated carbocycles. The highest BCUT2D eigenvalue weighted by molar-refractivity contribution is 9.10. The van der Waals surface area contributed by atoms with Gasteiger partial charge in [-0.2, -0.15) is 0 Å². The van der Waals surface area contributed by atoms with E-state index in [-0.39, 0.29) is 6.42 Å².